The fourth-order valence-corrected chi connectivity index (χ4v) is 2.39. The van der Waals surface area contributed by atoms with Crippen LogP contribution < -0.4 is 10.6 Å². The minimum Gasteiger partial charge on any atom is -0.359 e. The molecule has 0 atom stereocenters. The molecule has 2 aromatic rings. The highest BCUT2D eigenvalue weighted by Gasteiger charge is 2.07. The third-order valence-corrected chi connectivity index (χ3v) is 3.64. The van der Waals surface area contributed by atoms with E-state index in [1.807, 2.05) is 0 Å². The minimum atomic E-state index is 0.568. The van der Waals surface area contributed by atoms with E-state index in [0.29, 0.717) is 6.54 Å². The van der Waals surface area contributed by atoms with E-state index in [4.69, 9.17) is 10.7 Å². The number of aromatic nitrogens is 1. The fourth-order valence-electron chi connectivity index (χ4n) is 2.39. The topological polar surface area (TPSA) is 42.1 Å². The van der Waals surface area contributed by atoms with E-state index < -0.39 is 0 Å². The molecule has 1 aromatic heterocycles. The smallest absolute Gasteiger partial charge is 0.128 e. The first-order chi connectivity index (χ1) is 10.2. The average molecular weight is 283 g/mol. The molecule has 1 heterocycles. The van der Waals surface area contributed by atoms with Gasteiger partial charge in [-0.2, -0.15) is 0 Å². The van der Waals surface area contributed by atoms with Gasteiger partial charge in [0.15, 0.2) is 0 Å². The summed E-state index contributed by atoms with van der Waals surface area (Å²) in [6.07, 6.45) is 3.14. The van der Waals surface area contributed by atoms with Gasteiger partial charge in [-0.05, 0) is 36.1 Å². The molecule has 2 rings (SSSR count). The third kappa shape index (κ3) is 4.57. The van der Waals surface area contributed by atoms with E-state index in [0.717, 1.165) is 42.9 Å². The van der Waals surface area contributed by atoms with Gasteiger partial charge in [0, 0.05) is 25.8 Å². The number of nitrogens with zero attached hydrogens (tertiary/aromatic N) is 2. The zero-order chi connectivity index (χ0) is 15.1. The number of pyridine rings is 1. The lowest BCUT2D eigenvalue weighted by Gasteiger charge is -2.20. The van der Waals surface area contributed by atoms with Crippen molar-refractivity contribution in [2.75, 3.05) is 18.5 Å². The second-order valence-corrected chi connectivity index (χ2v) is 5.44. The summed E-state index contributed by atoms with van der Waals surface area (Å²) < 4.78 is 0. The van der Waals surface area contributed by atoms with E-state index in [1.54, 1.807) is 0 Å². The summed E-state index contributed by atoms with van der Waals surface area (Å²) >= 11 is 0. The SMILES string of the molecule is CCCc1cc(CN)cc(N(C)CCc2ccccc2)n1. The molecule has 0 bridgehead atoms. The van der Waals surface area contributed by atoms with Crippen LogP contribution in [0.4, 0.5) is 5.82 Å². The number of hydrogen-bond acceptors (Lipinski definition) is 3. The maximum Gasteiger partial charge on any atom is 0.128 e. The highest BCUT2D eigenvalue weighted by molar-refractivity contribution is 5.42. The molecule has 2 N–H and O–H groups in total. The van der Waals surface area contributed by atoms with Crippen LogP contribution in [0.25, 0.3) is 0 Å². The van der Waals surface area contributed by atoms with E-state index in [9.17, 15) is 0 Å². The third-order valence-electron chi connectivity index (χ3n) is 3.64. The molecule has 1 aromatic carbocycles. The van der Waals surface area contributed by atoms with Crippen molar-refractivity contribution in [3.8, 4) is 0 Å². The van der Waals surface area contributed by atoms with Crippen LogP contribution in [0.5, 0.6) is 0 Å². The van der Waals surface area contributed by atoms with E-state index >= 15 is 0 Å². The summed E-state index contributed by atoms with van der Waals surface area (Å²) in [5, 5.41) is 0. The van der Waals surface area contributed by atoms with Crippen molar-refractivity contribution in [2.45, 2.75) is 32.7 Å². The largest absolute Gasteiger partial charge is 0.359 e. The molecular weight excluding hydrogens is 258 g/mol. The second kappa shape index (κ2) is 7.79. The molecule has 0 spiro atoms. The van der Waals surface area contributed by atoms with Crippen molar-refractivity contribution >= 4 is 5.82 Å². The zero-order valence-electron chi connectivity index (χ0n) is 13.0. The molecule has 0 saturated heterocycles. The maximum atomic E-state index is 5.80. The number of rotatable bonds is 7. The van der Waals surface area contributed by atoms with Crippen LogP contribution >= 0.6 is 0 Å². The maximum absolute atomic E-state index is 5.80. The average Bonchev–Trinajstić information content (AvgIpc) is 2.53. The lowest BCUT2D eigenvalue weighted by atomic mass is 10.1. The Balaban J connectivity index is 2.07. The predicted octanol–water partition coefficient (Wildman–Crippen LogP) is 3.17. The summed E-state index contributed by atoms with van der Waals surface area (Å²) in [6, 6.07) is 14.8. The lowest BCUT2D eigenvalue weighted by Crippen LogP contribution is -2.22. The van der Waals surface area contributed by atoms with Crippen molar-refractivity contribution < 1.29 is 0 Å². The van der Waals surface area contributed by atoms with Gasteiger partial charge >= 0.3 is 0 Å². The number of aryl methyl sites for hydroxylation is 1. The molecule has 0 amide bonds. The monoisotopic (exact) mass is 283 g/mol. The van der Waals surface area contributed by atoms with Crippen LogP contribution in [0.1, 0.15) is 30.2 Å². The van der Waals surface area contributed by atoms with Crippen LogP contribution in [-0.4, -0.2) is 18.6 Å². The number of hydrogen-bond donors (Lipinski definition) is 1. The molecule has 112 valence electrons. The van der Waals surface area contributed by atoms with Crippen molar-refractivity contribution in [1.29, 1.82) is 0 Å². The van der Waals surface area contributed by atoms with Crippen molar-refractivity contribution in [2.24, 2.45) is 5.73 Å². The summed E-state index contributed by atoms with van der Waals surface area (Å²) in [6.45, 7) is 3.70. The molecule has 0 aliphatic rings. The Morgan fingerprint density at radius 1 is 1.05 bits per heavy atom. The van der Waals surface area contributed by atoms with Crippen molar-refractivity contribution in [1.82, 2.24) is 4.98 Å². The Labute approximate surface area is 127 Å². The van der Waals surface area contributed by atoms with Gasteiger partial charge in [0.2, 0.25) is 0 Å². The van der Waals surface area contributed by atoms with Gasteiger partial charge in [-0.15, -0.1) is 0 Å². The van der Waals surface area contributed by atoms with Crippen molar-refractivity contribution in [3.05, 3.63) is 59.3 Å². The molecular formula is C18H25N3. The second-order valence-electron chi connectivity index (χ2n) is 5.44. The first-order valence-corrected chi connectivity index (χ1v) is 7.68. The Bertz CT molecular complexity index is 552. The summed E-state index contributed by atoms with van der Waals surface area (Å²) in [5.74, 6) is 1.03. The number of anilines is 1. The predicted molar refractivity (Wildman–Crippen MR) is 89.5 cm³/mol. The quantitative estimate of drug-likeness (QED) is 0.848. The van der Waals surface area contributed by atoms with E-state index in [2.05, 4.69) is 61.3 Å². The van der Waals surface area contributed by atoms with Gasteiger partial charge in [-0.25, -0.2) is 4.98 Å². The van der Waals surface area contributed by atoms with Gasteiger partial charge in [0.25, 0.3) is 0 Å². The first kappa shape index (κ1) is 15.5. The Morgan fingerprint density at radius 2 is 1.81 bits per heavy atom. The lowest BCUT2D eigenvalue weighted by molar-refractivity contribution is 0.828. The van der Waals surface area contributed by atoms with Crippen LogP contribution in [0.15, 0.2) is 42.5 Å². The molecule has 3 nitrogen and oxygen atoms in total. The van der Waals surface area contributed by atoms with E-state index in [-0.39, 0.29) is 0 Å². The summed E-state index contributed by atoms with van der Waals surface area (Å²) in [5.41, 5.74) is 9.46. The summed E-state index contributed by atoms with van der Waals surface area (Å²) in [4.78, 5) is 6.97. The number of nitrogens with two attached hydrogens (primary N) is 1. The number of benzene rings is 1. The zero-order valence-corrected chi connectivity index (χ0v) is 13.0. The molecule has 0 saturated carbocycles. The van der Waals surface area contributed by atoms with Gasteiger partial charge < -0.3 is 10.6 Å². The van der Waals surface area contributed by atoms with Gasteiger partial charge in [-0.1, -0.05) is 43.7 Å². The van der Waals surface area contributed by atoms with Crippen LogP contribution in [-0.2, 0) is 19.4 Å². The Hall–Kier alpha value is -1.87. The normalized spacial score (nSPS) is 10.6. The van der Waals surface area contributed by atoms with Crippen LogP contribution in [0.3, 0.4) is 0 Å². The first-order valence-electron chi connectivity index (χ1n) is 7.68. The molecule has 0 fully saturated rings. The molecule has 0 aliphatic heterocycles. The van der Waals surface area contributed by atoms with Gasteiger partial charge in [0.1, 0.15) is 5.82 Å². The van der Waals surface area contributed by atoms with Crippen molar-refractivity contribution in [3.63, 3.8) is 0 Å². The van der Waals surface area contributed by atoms with Crippen LogP contribution in [0.2, 0.25) is 0 Å². The minimum absolute atomic E-state index is 0.568. The molecule has 0 aliphatic carbocycles. The highest BCUT2D eigenvalue weighted by Crippen LogP contribution is 2.15. The molecule has 0 unspecified atom stereocenters. The fraction of sp³-hybridized carbons (Fsp3) is 0.389. The number of likely N-dealkylation sites (N-methyl/N-ethyl adjacent to an activating group) is 1. The molecule has 0 radical (unpaired) electrons. The standard InChI is InChI=1S/C18H25N3/c1-3-7-17-12-16(14-19)13-18(20-17)21(2)11-10-15-8-5-4-6-9-15/h4-6,8-9,12-13H,3,7,10-11,14,19H2,1-2H3. The molecule has 21 heavy (non-hydrogen) atoms. The van der Waals surface area contributed by atoms with Gasteiger partial charge in [0.05, 0.1) is 0 Å². The molecule has 3 heteroatoms. The summed E-state index contributed by atoms with van der Waals surface area (Å²) in [7, 11) is 2.10. The van der Waals surface area contributed by atoms with Crippen LogP contribution in [0, 0.1) is 0 Å². The van der Waals surface area contributed by atoms with Gasteiger partial charge in [-0.3, -0.25) is 0 Å². The highest BCUT2D eigenvalue weighted by atomic mass is 15.2. The van der Waals surface area contributed by atoms with E-state index in [1.165, 1.54) is 5.56 Å². The Morgan fingerprint density at radius 3 is 2.48 bits per heavy atom. The Kier molecular flexibility index (Phi) is 5.76.